The summed E-state index contributed by atoms with van der Waals surface area (Å²) in [6, 6.07) is 5.09. The average molecular weight is 238 g/mol. The summed E-state index contributed by atoms with van der Waals surface area (Å²) in [6.07, 6.45) is 0.746. The van der Waals surface area contributed by atoms with Crippen LogP contribution in [0.2, 0.25) is 0 Å². The fraction of sp³-hybridized carbons (Fsp3) is 0.250. The minimum Gasteiger partial charge on any atom is -0.478 e. The van der Waals surface area contributed by atoms with E-state index in [4.69, 9.17) is 16.7 Å². The molecule has 16 heavy (non-hydrogen) atoms. The number of H-pyrrole nitrogens is 1. The minimum atomic E-state index is -0.905. The molecular formula is C12H12ClNO2. The summed E-state index contributed by atoms with van der Waals surface area (Å²) in [5.41, 5.74) is 3.43. The number of rotatable bonds is 3. The number of hydrogen-bond donors (Lipinski definition) is 2. The predicted molar refractivity (Wildman–Crippen MR) is 64.4 cm³/mol. The summed E-state index contributed by atoms with van der Waals surface area (Å²) in [6.45, 7) is 1.97. The van der Waals surface area contributed by atoms with Crippen molar-refractivity contribution in [2.45, 2.75) is 13.3 Å². The van der Waals surface area contributed by atoms with Crippen molar-refractivity contribution >= 4 is 28.5 Å². The first-order valence-corrected chi connectivity index (χ1v) is 5.57. The van der Waals surface area contributed by atoms with Crippen molar-refractivity contribution in [1.82, 2.24) is 4.98 Å². The number of aromatic amines is 1. The number of halogens is 1. The fourth-order valence-electron chi connectivity index (χ4n) is 1.93. The molecule has 0 saturated carbocycles. The third-order valence-corrected chi connectivity index (χ3v) is 2.90. The van der Waals surface area contributed by atoms with Gasteiger partial charge in [-0.3, -0.25) is 0 Å². The smallest absolute Gasteiger partial charge is 0.335 e. The molecule has 0 unspecified atom stereocenters. The second kappa shape index (κ2) is 4.18. The number of aromatic carboxylic acids is 1. The van der Waals surface area contributed by atoms with Crippen LogP contribution in [0.25, 0.3) is 10.9 Å². The van der Waals surface area contributed by atoms with Crippen LogP contribution in [0.1, 0.15) is 21.6 Å². The number of carboxylic acid groups (broad SMARTS) is 1. The van der Waals surface area contributed by atoms with Crippen LogP contribution in [0.3, 0.4) is 0 Å². The van der Waals surface area contributed by atoms with E-state index in [-0.39, 0.29) is 0 Å². The van der Waals surface area contributed by atoms with Gasteiger partial charge in [0.25, 0.3) is 0 Å². The van der Waals surface area contributed by atoms with Crippen LogP contribution in [-0.4, -0.2) is 21.9 Å². The van der Waals surface area contributed by atoms with E-state index in [0.717, 1.165) is 28.6 Å². The molecule has 1 aromatic carbocycles. The Bertz CT molecular complexity index is 545. The van der Waals surface area contributed by atoms with Crippen LogP contribution in [0, 0.1) is 6.92 Å². The van der Waals surface area contributed by atoms with Gasteiger partial charge in [0.05, 0.1) is 5.56 Å². The number of fused-ring (bicyclic) bond motifs is 1. The van der Waals surface area contributed by atoms with Crippen LogP contribution < -0.4 is 0 Å². The highest BCUT2D eigenvalue weighted by Gasteiger charge is 2.10. The van der Waals surface area contributed by atoms with E-state index in [1.807, 2.05) is 6.92 Å². The number of aromatic nitrogens is 1. The minimum absolute atomic E-state index is 0.308. The van der Waals surface area contributed by atoms with E-state index in [9.17, 15) is 4.79 Å². The van der Waals surface area contributed by atoms with Gasteiger partial charge in [0, 0.05) is 22.5 Å². The highest BCUT2D eigenvalue weighted by molar-refractivity contribution is 6.18. The molecule has 0 aliphatic heterocycles. The first-order chi connectivity index (χ1) is 7.63. The molecule has 0 aliphatic rings. The number of aryl methyl sites for hydroxylation is 2. The van der Waals surface area contributed by atoms with Gasteiger partial charge in [-0.1, -0.05) is 0 Å². The second-order valence-corrected chi connectivity index (χ2v) is 4.11. The van der Waals surface area contributed by atoms with Gasteiger partial charge in [0.2, 0.25) is 0 Å². The lowest BCUT2D eigenvalue weighted by molar-refractivity contribution is 0.0697. The second-order valence-electron chi connectivity index (χ2n) is 3.73. The SMILES string of the molecule is Cc1[nH]c2ccc(C(=O)O)cc2c1CCCl. The number of alkyl halides is 1. The van der Waals surface area contributed by atoms with Gasteiger partial charge in [-0.05, 0) is 37.1 Å². The van der Waals surface area contributed by atoms with Crippen molar-refractivity contribution in [3.05, 3.63) is 35.0 Å². The molecule has 0 atom stereocenters. The quantitative estimate of drug-likeness (QED) is 0.807. The van der Waals surface area contributed by atoms with Crippen molar-refractivity contribution in [2.24, 2.45) is 0 Å². The Morgan fingerprint density at radius 2 is 2.25 bits per heavy atom. The van der Waals surface area contributed by atoms with Gasteiger partial charge < -0.3 is 10.1 Å². The summed E-state index contributed by atoms with van der Waals surface area (Å²) < 4.78 is 0. The van der Waals surface area contributed by atoms with Crippen LogP contribution >= 0.6 is 11.6 Å². The van der Waals surface area contributed by atoms with Crippen LogP contribution in [0.5, 0.6) is 0 Å². The molecule has 84 valence electrons. The molecule has 3 nitrogen and oxygen atoms in total. The average Bonchev–Trinajstić information content (AvgIpc) is 2.55. The Balaban J connectivity index is 2.64. The van der Waals surface area contributed by atoms with E-state index in [1.54, 1.807) is 18.2 Å². The molecule has 0 aliphatic carbocycles. The summed E-state index contributed by atoms with van der Waals surface area (Å²) in [4.78, 5) is 14.1. The Kier molecular flexibility index (Phi) is 2.88. The highest BCUT2D eigenvalue weighted by Crippen LogP contribution is 2.24. The van der Waals surface area contributed by atoms with Crippen molar-refractivity contribution in [2.75, 3.05) is 5.88 Å². The summed E-state index contributed by atoms with van der Waals surface area (Å²) in [7, 11) is 0. The monoisotopic (exact) mass is 237 g/mol. The van der Waals surface area contributed by atoms with Crippen molar-refractivity contribution in [3.63, 3.8) is 0 Å². The van der Waals surface area contributed by atoms with Crippen molar-refractivity contribution < 1.29 is 9.90 Å². The molecule has 2 N–H and O–H groups in total. The molecule has 0 fully saturated rings. The lowest BCUT2D eigenvalue weighted by Gasteiger charge is -1.98. The maximum atomic E-state index is 10.9. The fourth-order valence-corrected chi connectivity index (χ4v) is 2.12. The summed E-state index contributed by atoms with van der Waals surface area (Å²) >= 11 is 5.74. The van der Waals surface area contributed by atoms with E-state index in [1.165, 1.54) is 0 Å². The third-order valence-electron chi connectivity index (χ3n) is 2.71. The summed E-state index contributed by atoms with van der Waals surface area (Å²) in [5, 5.41) is 9.89. The number of benzene rings is 1. The van der Waals surface area contributed by atoms with Crippen LogP contribution in [0.15, 0.2) is 18.2 Å². The van der Waals surface area contributed by atoms with Crippen molar-refractivity contribution in [3.8, 4) is 0 Å². The maximum absolute atomic E-state index is 10.9. The van der Waals surface area contributed by atoms with E-state index >= 15 is 0 Å². The van der Waals surface area contributed by atoms with Gasteiger partial charge in [-0.15, -0.1) is 11.6 Å². The molecule has 0 radical (unpaired) electrons. The van der Waals surface area contributed by atoms with Crippen LogP contribution in [0.4, 0.5) is 0 Å². The van der Waals surface area contributed by atoms with Gasteiger partial charge in [0.15, 0.2) is 0 Å². The lowest BCUT2D eigenvalue weighted by Crippen LogP contribution is -1.95. The van der Waals surface area contributed by atoms with Gasteiger partial charge >= 0.3 is 5.97 Å². The molecule has 2 aromatic rings. The lowest BCUT2D eigenvalue weighted by atomic mass is 10.1. The molecule has 1 aromatic heterocycles. The largest absolute Gasteiger partial charge is 0.478 e. The Morgan fingerprint density at radius 3 is 2.88 bits per heavy atom. The zero-order valence-corrected chi connectivity index (χ0v) is 9.64. The molecule has 0 amide bonds. The number of carbonyl (C=O) groups is 1. The Morgan fingerprint density at radius 1 is 1.50 bits per heavy atom. The Labute approximate surface area is 98.0 Å². The van der Waals surface area contributed by atoms with E-state index in [0.29, 0.717) is 11.4 Å². The first-order valence-electron chi connectivity index (χ1n) is 5.04. The predicted octanol–water partition coefficient (Wildman–Crippen LogP) is 2.96. The van der Waals surface area contributed by atoms with Crippen LogP contribution in [-0.2, 0) is 6.42 Å². The molecule has 1 heterocycles. The zero-order valence-electron chi connectivity index (χ0n) is 8.88. The highest BCUT2D eigenvalue weighted by atomic mass is 35.5. The number of carboxylic acids is 1. The molecular weight excluding hydrogens is 226 g/mol. The third kappa shape index (κ3) is 1.78. The zero-order chi connectivity index (χ0) is 11.7. The van der Waals surface area contributed by atoms with Gasteiger partial charge in [-0.2, -0.15) is 0 Å². The van der Waals surface area contributed by atoms with E-state index < -0.39 is 5.97 Å². The molecule has 0 spiro atoms. The summed E-state index contributed by atoms with van der Waals surface area (Å²) in [5.74, 6) is -0.372. The Hall–Kier alpha value is -1.48. The van der Waals surface area contributed by atoms with Gasteiger partial charge in [0.1, 0.15) is 0 Å². The first kappa shape index (κ1) is 11.0. The normalized spacial score (nSPS) is 10.9. The van der Waals surface area contributed by atoms with E-state index in [2.05, 4.69) is 4.98 Å². The number of nitrogens with one attached hydrogen (secondary N) is 1. The maximum Gasteiger partial charge on any atom is 0.335 e. The molecule has 2 rings (SSSR count). The molecule has 4 heteroatoms. The molecule has 0 bridgehead atoms. The number of hydrogen-bond acceptors (Lipinski definition) is 1. The topological polar surface area (TPSA) is 53.1 Å². The van der Waals surface area contributed by atoms with Gasteiger partial charge in [-0.25, -0.2) is 4.79 Å². The molecule has 0 saturated heterocycles. The standard InChI is InChI=1S/C12H12ClNO2/c1-7-9(4-5-13)10-6-8(12(15)16)2-3-11(10)14-7/h2-3,6,14H,4-5H2,1H3,(H,15,16). The van der Waals surface area contributed by atoms with Crippen molar-refractivity contribution in [1.29, 1.82) is 0 Å².